The van der Waals surface area contributed by atoms with Gasteiger partial charge in [0.25, 0.3) is 0 Å². The number of fused-ring (bicyclic) bond motifs is 1. The number of carbonyl (C=O) groups excluding carboxylic acids is 1. The van der Waals surface area contributed by atoms with Gasteiger partial charge in [-0.05, 0) is 48.6 Å². The summed E-state index contributed by atoms with van der Waals surface area (Å²) in [4.78, 5) is 12.9. The normalized spacial score (nSPS) is 14.8. The van der Waals surface area contributed by atoms with Crippen LogP contribution in [0, 0.1) is 0 Å². The van der Waals surface area contributed by atoms with Crippen molar-refractivity contribution < 1.29 is 9.00 Å². The minimum Gasteiger partial charge on any atom is -0.293 e. The van der Waals surface area contributed by atoms with Gasteiger partial charge in [0, 0.05) is 10.5 Å². The SMILES string of the molecule is O=C(CS(=O)c1ccccc1)c1ccc2c(c1)CCC2. The summed E-state index contributed by atoms with van der Waals surface area (Å²) in [5.41, 5.74) is 3.32. The van der Waals surface area contributed by atoms with E-state index in [-0.39, 0.29) is 11.5 Å². The third-order valence-corrected chi connectivity index (χ3v) is 5.01. The Hall–Kier alpha value is -1.74. The minimum atomic E-state index is -1.26. The van der Waals surface area contributed by atoms with E-state index in [1.54, 1.807) is 12.1 Å². The lowest BCUT2D eigenvalue weighted by Crippen LogP contribution is -2.11. The van der Waals surface area contributed by atoms with Crippen LogP contribution >= 0.6 is 0 Å². The molecule has 1 unspecified atom stereocenters. The van der Waals surface area contributed by atoms with Gasteiger partial charge in [-0.25, -0.2) is 0 Å². The first kappa shape index (κ1) is 13.3. The monoisotopic (exact) mass is 284 g/mol. The van der Waals surface area contributed by atoms with Gasteiger partial charge in [0.15, 0.2) is 5.78 Å². The van der Waals surface area contributed by atoms with Crippen molar-refractivity contribution in [3.63, 3.8) is 0 Å². The number of hydrogen-bond acceptors (Lipinski definition) is 2. The van der Waals surface area contributed by atoms with Crippen LogP contribution in [0.3, 0.4) is 0 Å². The summed E-state index contributed by atoms with van der Waals surface area (Å²) < 4.78 is 12.2. The van der Waals surface area contributed by atoms with Crippen LogP contribution in [0.25, 0.3) is 0 Å². The number of benzene rings is 2. The van der Waals surface area contributed by atoms with Gasteiger partial charge in [-0.1, -0.05) is 30.3 Å². The Labute approximate surface area is 121 Å². The summed E-state index contributed by atoms with van der Waals surface area (Å²) in [6.45, 7) is 0. The first-order valence-electron chi connectivity index (χ1n) is 6.82. The standard InChI is InChI=1S/C17H16O2S/c18-17(12-20(19)16-7-2-1-3-8-16)15-10-9-13-5-4-6-14(13)11-15/h1-3,7-11H,4-6,12H2. The predicted molar refractivity (Wildman–Crippen MR) is 80.5 cm³/mol. The zero-order chi connectivity index (χ0) is 13.9. The number of rotatable bonds is 4. The fourth-order valence-corrected chi connectivity index (χ4v) is 3.64. The molecule has 1 aliphatic rings. The van der Waals surface area contributed by atoms with Crippen LogP contribution in [-0.4, -0.2) is 15.7 Å². The highest BCUT2D eigenvalue weighted by atomic mass is 32.2. The zero-order valence-electron chi connectivity index (χ0n) is 11.2. The number of ketones is 1. The molecule has 1 aliphatic carbocycles. The molecule has 0 spiro atoms. The van der Waals surface area contributed by atoms with Crippen LogP contribution in [0.1, 0.15) is 27.9 Å². The molecule has 2 aromatic rings. The van der Waals surface area contributed by atoms with E-state index in [9.17, 15) is 9.00 Å². The number of Topliss-reactive ketones (excluding diaryl/α,β-unsaturated/α-hetero) is 1. The topological polar surface area (TPSA) is 34.1 Å². The molecular weight excluding hydrogens is 268 g/mol. The molecule has 0 radical (unpaired) electrons. The molecule has 102 valence electrons. The quantitative estimate of drug-likeness (QED) is 0.808. The zero-order valence-corrected chi connectivity index (χ0v) is 12.0. The van der Waals surface area contributed by atoms with Crippen LogP contribution in [-0.2, 0) is 23.6 Å². The van der Waals surface area contributed by atoms with E-state index in [2.05, 4.69) is 0 Å². The lowest BCUT2D eigenvalue weighted by atomic mass is 10.0. The molecule has 0 fully saturated rings. The Kier molecular flexibility index (Phi) is 3.79. The molecule has 0 aromatic heterocycles. The average Bonchev–Trinajstić information content (AvgIpc) is 2.95. The van der Waals surface area contributed by atoms with Crippen molar-refractivity contribution in [2.24, 2.45) is 0 Å². The van der Waals surface area contributed by atoms with Gasteiger partial charge in [0.05, 0.1) is 16.6 Å². The molecule has 1 atom stereocenters. The molecule has 0 saturated heterocycles. The number of aryl methyl sites for hydroxylation is 2. The molecule has 0 aliphatic heterocycles. The Morgan fingerprint density at radius 2 is 1.75 bits per heavy atom. The summed E-state index contributed by atoms with van der Waals surface area (Å²) in [5.74, 6) is 0.0184. The van der Waals surface area contributed by atoms with Crippen LogP contribution in [0.15, 0.2) is 53.4 Å². The molecule has 0 heterocycles. The number of hydrogen-bond donors (Lipinski definition) is 0. The Bertz CT molecular complexity index is 662. The molecule has 0 bridgehead atoms. The molecule has 3 rings (SSSR count). The molecule has 0 amide bonds. The van der Waals surface area contributed by atoms with Crippen molar-refractivity contribution in [2.75, 3.05) is 5.75 Å². The molecule has 20 heavy (non-hydrogen) atoms. The Morgan fingerprint density at radius 1 is 1.00 bits per heavy atom. The first-order valence-corrected chi connectivity index (χ1v) is 8.14. The van der Waals surface area contributed by atoms with Gasteiger partial charge in [0.1, 0.15) is 0 Å². The first-order chi connectivity index (χ1) is 9.74. The molecule has 0 N–H and O–H groups in total. The second kappa shape index (κ2) is 5.71. The fraction of sp³-hybridized carbons (Fsp3) is 0.235. The predicted octanol–water partition coefficient (Wildman–Crippen LogP) is 3.17. The van der Waals surface area contributed by atoms with Gasteiger partial charge in [-0.15, -0.1) is 0 Å². The Morgan fingerprint density at radius 3 is 2.55 bits per heavy atom. The Balaban J connectivity index is 1.75. The van der Waals surface area contributed by atoms with E-state index in [1.165, 1.54) is 17.5 Å². The van der Waals surface area contributed by atoms with Crippen molar-refractivity contribution in [3.8, 4) is 0 Å². The van der Waals surface area contributed by atoms with E-state index >= 15 is 0 Å². The summed E-state index contributed by atoms with van der Waals surface area (Å²) in [5, 5.41) is 0. The summed E-state index contributed by atoms with van der Waals surface area (Å²) in [7, 11) is -1.26. The van der Waals surface area contributed by atoms with Crippen molar-refractivity contribution in [3.05, 3.63) is 65.2 Å². The van der Waals surface area contributed by atoms with Gasteiger partial charge in [-0.2, -0.15) is 0 Å². The molecule has 2 aromatic carbocycles. The van der Waals surface area contributed by atoms with Crippen molar-refractivity contribution >= 4 is 16.6 Å². The molecule has 0 saturated carbocycles. The third-order valence-electron chi connectivity index (χ3n) is 3.69. The second-order valence-corrected chi connectivity index (χ2v) is 6.51. The van der Waals surface area contributed by atoms with Gasteiger partial charge in [0.2, 0.25) is 0 Å². The molecule has 2 nitrogen and oxygen atoms in total. The lowest BCUT2D eigenvalue weighted by Gasteiger charge is -2.05. The molecule has 3 heteroatoms. The van der Waals surface area contributed by atoms with Crippen LogP contribution in [0.4, 0.5) is 0 Å². The fourth-order valence-electron chi connectivity index (χ4n) is 2.60. The van der Waals surface area contributed by atoms with E-state index in [0.717, 1.165) is 12.8 Å². The van der Waals surface area contributed by atoms with Gasteiger partial charge < -0.3 is 0 Å². The van der Waals surface area contributed by atoms with Crippen molar-refractivity contribution in [1.29, 1.82) is 0 Å². The van der Waals surface area contributed by atoms with Gasteiger partial charge in [-0.3, -0.25) is 9.00 Å². The van der Waals surface area contributed by atoms with E-state index in [0.29, 0.717) is 10.5 Å². The van der Waals surface area contributed by atoms with Crippen molar-refractivity contribution in [2.45, 2.75) is 24.2 Å². The molecular formula is C17H16O2S. The summed E-state index contributed by atoms with van der Waals surface area (Å²) >= 11 is 0. The second-order valence-electron chi connectivity index (χ2n) is 5.06. The van der Waals surface area contributed by atoms with Gasteiger partial charge >= 0.3 is 0 Å². The summed E-state index contributed by atoms with van der Waals surface area (Å²) in [6.07, 6.45) is 3.33. The van der Waals surface area contributed by atoms with E-state index in [1.807, 2.05) is 36.4 Å². The third kappa shape index (κ3) is 2.73. The highest BCUT2D eigenvalue weighted by molar-refractivity contribution is 7.85. The maximum Gasteiger partial charge on any atom is 0.175 e. The highest BCUT2D eigenvalue weighted by Crippen LogP contribution is 2.23. The average molecular weight is 284 g/mol. The summed E-state index contributed by atoms with van der Waals surface area (Å²) in [6, 6.07) is 15.0. The largest absolute Gasteiger partial charge is 0.293 e. The minimum absolute atomic E-state index is 0.0399. The highest BCUT2D eigenvalue weighted by Gasteiger charge is 2.16. The maximum atomic E-state index is 12.2. The van der Waals surface area contributed by atoms with Crippen LogP contribution in [0.2, 0.25) is 0 Å². The van der Waals surface area contributed by atoms with Crippen molar-refractivity contribution in [1.82, 2.24) is 0 Å². The number of carbonyl (C=O) groups is 1. The van der Waals surface area contributed by atoms with E-state index in [4.69, 9.17) is 0 Å². The lowest BCUT2D eigenvalue weighted by molar-refractivity contribution is 0.102. The maximum absolute atomic E-state index is 12.2. The van der Waals surface area contributed by atoms with E-state index < -0.39 is 10.8 Å². The van der Waals surface area contributed by atoms with Crippen LogP contribution < -0.4 is 0 Å². The van der Waals surface area contributed by atoms with Crippen LogP contribution in [0.5, 0.6) is 0 Å². The smallest absolute Gasteiger partial charge is 0.175 e.